The molecule has 1 rings (SSSR count). The molecule has 0 spiro atoms. The predicted octanol–water partition coefficient (Wildman–Crippen LogP) is -2.74. The number of carboxylic acid groups (broad SMARTS) is 1. The van der Waals surface area contributed by atoms with E-state index in [0.717, 1.165) is 4.90 Å². The molecule has 0 aliphatic carbocycles. The number of nitrogens with zero attached hydrogens (tertiary/aromatic N) is 1. The van der Waals surface area contributed by atoms with Crippen LogP contribution in [0.15, 0.2) is 12.3 Å². The molecule has 1 aliphatic rings. The number of rotatable bonds is 1. The Morgan fingerprint density at radius 3 is 2.44 bits per heavy atom. The summed E-state index contributed by atoms with van der Waals surface area (Å²) in [4.78, 5) is 23.3. The maximum absolute atomic E-state index is 11.5. The van der Waals surface area contributed by atoms with Crippen LogP contribution in [0.3, 0.4) is 0 Å². The van der Waals surface area contributed by atoms with E-state index in [4.69, 9.17) is 4.74 Å². The van der Waals surface area contributed by atoms with E-state index < -0.39 is 23.7 Å². The van der Waals surface area contributed by atoms with Gasteiger partial charge in [-0.25, -0.2) is 4.79 Å². The van der Waals surface area contributed by atoms with E-state index in [-0.39, 0.29) is 36.0 Å². The van der Waals surface area contributed by atoms with Gasteiger partial charge in [0.15, 0.2) is 0 Å². The molecule has 1 aliphatic heterocycles. The number of aliphatic carboxylic acids is 1. The number of carboxylic acids is 1. The Labute approximate surface area is 117 Å². The molecule has 0 saturated carbocycles. The van der Waals surface area contributed by atoms with Gasteiger partial charge in [0.1, 0.15) is 5.60 Å². The third-order valence-corrected chi connectivity index (χ3v) is 1.84. The fourth-order valence-corrected chi connectivity index (χ4v) is 1.23. The number of hydrogen-bond acceptors (Lipinski definition) is 4. The van der Waals surface area contributed by atoms with E-state index in [1.165, 1.54) is 6.20 Å². The molecule has 84 valence electrons. The second kappa shape index (κ2) is 5.70. The Hall–Kier alpha value is -0.520. The molecule has 6 heteroatoms. The summed E-state index contributed by atoms with van der Waals surface area (Å²) in [6.45, 7) is 5.16. The molecule has 0 unspecified atom stereocenters. The van der Waals surface area contributed by atoms with Crippen LogP contribution in [0, 0.1) is 0 Å². The van der Waals surface area contributed by atoms with Gasteiger partial charge in [-0.1, -0.05) is 6.08 Å². The first-order valence-corrected chi connectivity index (χ1v) is 4.70. The maximum atomic E-state index is 11.5. The average molecular weight is 235 g/mol. The van der Waals surface area contributed by atoms with Crippen molar-refractivity contribution >= 4 is 12.1 Å². The third-order valence-electron chi connectivity index (χ3n) is 1.84. The van der Waals surface area contributed by atoms with Crippen molar-refractivity contribution in [3.63, 3.8) is 0 Å². The average Bonchev–Trinajstić information content (AvgIpc) is 2.47. The zero-order valence-electron chi connectivity index (χ0n) is 10.0. The molecule has 1 heterocycles. The van der Waals surface area contributed by atoms with Crippen molar-refractivity contribution in [3.8, 4) is 0 Å². The molecule has 1 amide bonds. The number of carbonyl (C=O) groups excluding carboxylic acids is 2. The Morgan fingerprint density at radius 2 is 2.00 bits per heavy atom. The van der Waals surface area contributed by atoms with E-state index in [1.807, 2.05) is 0 Å². The molecule has 0 N–H and O–H groups in total. The van der Waals surface area contributed by atoms with Gasteiger partial charge >= 0.3 is 35.7 Å². The van der Waals surface area contributed by atoms with Gasteiger partial charge in [-0.3, -0.25) is 4.90 Å². The van der Waals surface area contributed by atoms with Crippen molar-refractivity contribution in [2.75, 3.05) is 0 Å². The topological polar surface area (TPSA) is 69.7 Å². The smallest absolute Gasteiger partial charge is 0.548 e. The van der Waals surface area contributed by atoms with Crippen molar-refractivity contribution in [2.45, 2.75) is 38.8 Å². The second-order valence-electron chi connectivity index (χ2n) is 4.34. The van der Waals surface area contributed by atoms with Gasteiger partial charge in [-0.2, -0.15) is 0 Å². The summed E-state index contributed by atoms with van der Waals surface area (Å²) in [6.07, 6.45) is 2.62. The molecule has 0 aromatic rings. The molecule has 1 atom stereocenters. The quantitative estimate of drug-likeness (QED) is 0.462. The van der Waals surface area contributed by atoms with Gasteiger partial charge in [0.05, 0.1) is 12.0 Å². The minimum atomic E-state index is -1.27. The Morgan fingerprint density at radius 1 is 1.44 bits per heavy atom. The van der Waals surface area contributed by atoms with Crippen molar-refractivity contribution < 1.29 is 49.0 Å². The number of carbonyl (C=O) groups is 2. The van der Waals surface area contributed by atoms with Gasteiger partial charge in [0.25, 0.3) is 0 Å². The van der Waals surface area contributed by atoms with Crippen LogP contribution in [0.2, 0.25) is 0 Å². The number of amides is 1. The summed E-state index contributed by atoms with van der Waals surface area (Å²) in [5.41, 5.74) is -0.635. The van der Waals surface area contributed by atoms with Gasteiger partial charge in [0, 0.05) is 6.20 Å². The van der Waals surface area contributed by atoms with Crippen molar-refractivity contribution in [2.24, 2.45) is 0 Å². The molecular weight excluding hydrogens is 221 g/mol. The first-order valence-electron chi connectivity index (χ1n) is 4.70. The Balaban J connectivity index is 0.00000225. The number of ether oxygens (including phenoxy) is 1. The van der Waals surface area contributed by atoms with Crippen molar-refractivity contribution in [1.82, 2.24) is 4.90 Å². The van der Waals surface area contributed by atoms with Crippen LogP contribution in [0.1, 0.15) is 27.2 Å². The van der Waals surface area contributed by atoms with Crippen molar-refractivity contribution in [1.29, 1.82) is 0 Å². The summed E-state index contributed by atoms with van der Waals surface area (Å²) >= 11 is 0. The van der Waals surface area contributed by atoms with Gasteiger partial charge in [-0.15, -0.1) is 0 Å². The van der Waals surface area contributed by atoms with Crippen LogP contribution in [-0.4, -0.2) is 28.6 Å². The fraction of sp³-hybridized carbons (Fsp3) is 0.600. The first-order chi connectivity index (χ1) is 6.81. The zero-order chi connectivity index (χ0) is 11.6. The normalized spacial score (nSPS) is 19.2. The minimum absolute atomic E-state index is 0. The predicted molar refractivity (Wildman–Crippen MR) is 50.6 cm³/mol. The monoisotopic (exact) mass is 235 g/mol. The molecule has 0 aromatic carbocycles. The van der Waals surface area contributed by atoms with Crippen LogP contribution in [0.25, 0.3) is 0 Å². The summed E-state index contributed by atoms with van der Waals surface area (Å²) in [5, 5.41) is 10.7. The van der Waals surface area contributed by atoms with Gasteiger partial charge in [0.2, 0.25) is 0 Å². The SMILES string of the molecule is CC(C)(C)OC(=O)N1C=CC[C@H]1C(=O)[O-].[Na+]. The summed E-state index contributed by atoms with van der Waals surface area (Å²) < 4.78 is 5.05. The molecular formula is C10H14NNaO4. The summed E-state index contributed by atoms with van der Waals surface area (Å²) in [5.74, 6) is -1.27. The van der Waals surface area contributed by atoms with Gasteiger partial charge < -0.3 is 14.6 Å². The van der Waals surface area contributed by atoms with E-state index >= 15 is 0 Å². The van der Waals surface area contributed by atoms with Crippen LogP contribution >= 0.6 is 0 Å². The molecule has 16 heavy (non-hydrogen) atoms. The van der Waals surface area contributed by atoms with Crippen LogP contribution in [-0.2, 0) is 9.53 Å². The molecule has 0 saturated heterocycles. The second-order valence-corrected chi connectivity index (χ2v) is 4.34. The van der Waals surface area contributed by atoms with Gasteiger partial charge in [-0.05, 0) is 27.2 Å². The molecule has 0 fully saturated rings. The van der Waals surface area contributed by atoms with E-state index in [9.17, 15) is 14.7 Å². The fourth-order valence-electron chi connectivity index (χ4n) is 1.23. The standard InChI is InChI=1S/C10H15NO4.Na/c1-10(2,3)15-9(14)11-6-4-5-7(11)8(12)13;/h4,6-7H,5H2,1-3H3,(H,12,13);/q;+1/p-1/t7-;/m0./s1. The van der Waals surface area contributed by atoms with Crippen LogP contribution < -0.4 is 34.7 Å². The zero-order valence-corrected chi connectivity index (χ0v) is 12.0. The molecule has 0 bridgehead atoms. The van der Waals surface area contributed by atoms with E-state index in [0.29, 0.717) is 0 Å². The van der Waals surface area contributed by atoms with Crippen molar-refractivity contribution in [3.05, 3.63) is 12.3 Å². The van der Waals surface area contributed by atoms with Crippen LogP contribution in [0.4, 0.5) is 4.79 Å². The first kappa shape index (κ1) is 15.5. The summed E-state index contributed by atoms with van der Waals surface area (Å²) in [7, 11) is 0. The molecule has 0 aromatic heterocycles. The van der Waals surface area contributed by atoms with E-state index in [2.05, 4.69) is 0 Å². The Kier molecular flexibility index (Phi) is 5.52. The third kappa shape index (κ3) is 4.15. The number of hydrogen-bond donors (Lipinski definition) is 0. The minimum Gasteiger partial charge on any atom is -0.548 e. The maximum Gasteiger partial charge on any atom is 1.00 e. The largest absolute Gasteiger partial charge is 1.00 e. The molecule has 0 radical (unpaired) electrons. The van der Waals surface area contributed by atoms with E-state index in [1.54, 1.807) is 26.8 Å². The Bertz CT molecular complexity index is 308. The van der Waals surface area contributed by atoms with Crippen LogP contribution in [0.5, 0.6) is 0 Å². The molecule has 5 nitrogen and oxygen atoms in total. The summed E-state index contributed by atoms with van der Waals surface area (Å²) in [6, 6.07) is -0.945.